The quantitative estimate of drug-likeness (QED) is 0.908. The van der Waals surface area contributed by atoms with Crippen LogP contribution in [0.2, 0.25) is 0 Å². The van der Waals surface area contributed by atoms with Crippen LogP contribution < -0.4 is 5.73 Å². The van der Waals surface area contributed by atoms with Gasteiger partial charge < -0.3 is 10.7 Å². The van der Waals surface area contributed by atoms with E-state index in [-0.39, 0.29) is 0 Å². The summed E-state index contributed by atoms with van der Waals surface area (Å²) in [6.07, 6.45) is 1.11. The number of hydrogen-bond donors (Lipinski definition) is 2. The largest absolute Gasteiger partial charge is 0.335 e. The van der Waals surface area contributed by atoms with Crippen LogP contribution in [0.4, 0.5) is 0 Å². The number of imidazole rings is 1. The van der Waals surface area contributed by atoms with E-state index >= 15 is 0 Å². The molecule has 3 nitrogen and oxygen atoms in total. The summed E-state index contributed by atoms with van der Waals surface area (Å²) in [7, 11) is 0. The number of rotatable bonds is 4. The van der Waals surface area contributed by atoms with Crippen molar-refractivity contribution in [2.45, 2.75) is 26.8 Å². The second-order valence-electron chi connectivity index (χ2n) is 4.85. The Kier molecular flexibility index (Phi) is 4.19. The van der Waals surface area contributed by atoms with Crippen molar-refractivity contribution in [1.82, 2.24) is 9.97 Å². The maximum Gasteiger partial charge on any atom is 0.121 e. The Morgan fingerprint density at radius 3 is 2.44 bits per heavy atom. The van der Waals surface area contributed by atoms with Gasteiger partial charge in [-0.05, 0) is 33.8 Å². The van der Waals surface area contributed by atoms with Crippen molar-refractivity contribution in [3.63, 3.8) is 0 Å². The number of nitrogens with one attached hydrogen (secondary N) is 1. The molecule has 0 unspecified atom stereocenters. The Labute approximate surface area is 116 Å². The zero-order chi connectivity index (χ0) is 13.1. The van der Waals surface area contributed by atoms with E-state index in [9.17, 15) is 0 Å². The van der Waals surface area contributed by atoms with Crippen molar-refractivity contribution in [2.75, 3.05) is 0 Å². The highest BCUT2D eigenvalue weighted by Crippen LogP contribution is 2.26. The van der Waals surface area contributed by atoms with E-state index in [4.69, 9.17) is 5.73 Å². The molecule has 4 heteroatoms. The highest BCUT2D eigenvalue weighted by Gasteiger charge is 2.09. The van der Waals surface area contributed by atoms with Gasteiger partial charge in [0.15, 0.2) is 0 Å². The molecule has 96 valence electrons. The minimum atomic E-state index is 0.421. The van der Waals surface area contributed by atoms with Gasteiger partial charge in [-0.15, -0.1) is 0 Å². The molecule has 0 saturated carbocycles. The molecule has 0 saturated heterocycles. The van der Waals surface area contributed by atoms with Crippen LogP contribution in [0.15, 0.2) is 28.9 Å². The van der Waals surface area contributed by atoms with Crippen LogP contribution in [0.25, 0.3) is 11.3 Å². The predicted molar refractivity (Wildman–Crippen MR) is 78.2 cm³/mol. The average Bonchev–Trinajstić information content (AvgIpc) is 2.71. The first-order valence-electron chi connectivity index (χ1n) is 6.14. The van der Waals surface area contributed by atoms with Crippen LogP contribution in [-0.4, -0.2) is 9.97 Å². The van der Waals surface area contributed by atoms with Crippen molar-refractivity contribution in [2.24, 2.45) is 11.7 Å². The monoisotopic (exact) mass is 307 g/mol. The number of nitrogens with two attached hydrogens (primary N) is 1. The molecule has 0 aliphatic carbocycles. The van der Waals surface area contributed by atoms with Crippen molar-refractivity contribution in [1.29, 1.82) is 0 Å². The normalized spacial score (nSPS) is 11.2. The van der Waals surface area contributed by atoms with E-state index in [1.807, 2.05) is 0 Å². The maximum absolute atomic E-state index is 5.57. The lowest BCUT2D eigenvalue weighted by Crippen LogP contribution is -1.97. The van der Waals surface area contributed by atoms with Crippen LogP contribution in [0, 0.1) is 5.92 Å². The molecule has 0 atom stereocenters. The van der Waals surface area contributed by atoms with Crippen LogP contribution in [-0.2, 0) is 13.0 Å². The summed E-state index contributed by atoms with van der Waals surface area (Å²) < 4.78 is 0.888. The Hall–Kier alpha value is -1.13. The van der Waals surface area contributed by atoms with Gasteiger partial charge in [-0.2, -0.15) is 0 Å². The summed E-state index contributed by atoms with van der Waals surface area (Å²) in [6.45, 7) is 4.88. The number of H-pyrrole nitrogens is 1. The lowest BCUT2D eigenvalue weighted by molar-refractivity contribution is 0.647. The molecule has 3 N–H and O–H groups in total. The molecule has 0 fully saturated rings. The minimum absolute atomic E-state index is 0.421. The fourth-order valence-electron chi connectivity index (χ4n) is 1.96. The fraction of sp³-hybridized carbons (Fsp3) is 0.357. The molecule has 2 rings (SSSR count). The zero-order valence-electron chi connectivity index (χ0n) is 10.7. The summed E-state index contributed by atoms with van der Waals surface area (Å²) >= 11 is 3.48. The second-order valence-corrected chi connectivity index (χ2v) is 5.64. The molecule has 2 aromatic rings. The highest BCUT2D eigenvalue weighted by molar-refractivity contribution is 9.10. The summed E-state index contributed by atoms with van der Waals surface area (Å²) in [6, 6.07) is 8.55. The van der Waals surface area contributed by atoms with Crippen molar-refractivity contribution < 1.29 is 0 Å². The smallest absolute Gasteiger partial charge is 0.121 e. The number of halogens is 1. The lowest BCUT2D eigenvalue weighted by Gasteiger charge is -2.05. The van der Waals surface area contributed by atoms with Gasteiger partial charge in [0.25, 0.3) is 0 Å². The first-order valence-corrected chi connectivity index (χ1v) is 6.93. The molecule has 0 bridgehead atoms. The zero-order valence-corrected chi connectivity index (χ0v) is 12.3. The lowest BCUT2D eigenvalue weighted by atomic mass is 10.0. The van der Waals surface area contributed by atoms with Gasteiger partial charge in [0.1, 0.15) is 16.1 Å². The number of benzene rings is 1. The first kappa shape index (κ1) is 13.3. The number of hydrogen-bond acceptors (Lipinski definition) is 2. The third kappa shape index (κ3) is 3.00. The number of aromatic amines is 1. The van der Waals surface area contributed by atoms with Gasteiger partial charge >= 0.3 is 0 Å². The summed E-state index contributed by atoms with van der Waals surface area (Å²) in [5, 5.41) is 0. The molecular weight excluding hydrogens is 290 g/mol. The first-order chi connectivity index (χ1) is 8.60. The van der Waals surface area contributed by atoms with Crippen molar-refractivity contribution in [3.05, 3.63) is 40.3 Å². The van der Waals surface area contributed by atoms with E-state index in [0.717, 1.165) is 28.1 Å². The molecule has 1 heterocycles. The highest BCUT2D eigenvalue weighted by atomic mass is 79.9. The predicted octanol–water partition coefficient (Wildman–Crippen LogP) is 3.50. The molecule has 0 amide bonds. The van der Waals surface area contributed by atoms with Crippen LogP contribution in [0.1, 0.15) is 25.2 Å². The molecule has 18 heavy (non-hydrogen) atoms. The Morgan fingerprint density at radius 2 is 1.94 bits per heavy atom. The van der Waals surface area contributed by atoms with E-state index in [1.165, 1.54) is 5.56 Å². The van der Waals surface area contributed by atoms with Crippen molar-refractivity contribution >= 4 is 15.9 Å². The molecule has 0 radical (unpaired) electrons. The van der Waals surface area contributed by atoms with E-state index in [2.05, 4.69) is 64.0 Å². The van der Waals surface area contributed by atoms with Gasteiger partial charge in [-0.1, -0.05) is 38.1 Å². The molecule has 0 aliphatic rings. The standard InChI is InChI=1S/C14H18BrN3/c1-9(2)7-10-3-5-11(6-4-10)13-14(15)18-12(8-16)17-13/h3-6,9H,7-8,16H2,1-2H3,(H,17,18). The van der Waals surface area contributed by atoms with Crippen molar-refractivity contribution in [3.8, 4) is 11.3 Å². The van der Waals surface area contributed by atoms with Gasteiger partial charge in [-0.25, -0.2) is 4.98 Å². The van der Waals surface area contributed by atoms with Gasteiger partial charge in [0.2, 0.25) is 0 Å². The molecule has 1 aromatic carbocycles. The summed E-state index contributed by atoms with van der Waals surface area (Å²) in [5.41, 5.74) is 8.96. The fourth-order valence-corrected chi connectivity index (χ4v) is 2.50. The molecular formula is C14H18BrN3. The van der Waals surface area contributed by atoms with Crippen LogP contribution in [0.5, 0.6) is 0 Å². The molecule has 1 aromatic heterocycles. The summed E-state index contributed by atoms with van der Waals surface area (Å²) in [4.78, 5) is 7.58. The maximum atomic E-state index is 5.57. The van der Waals surface area contributed by atoms with Crippen LogP contribution in [0.3, 0.4) is 0 Å². The minimum Gasteiger partial charge on any atom is -0.335 e. The van der Waals surface area contributed by atoms with E-state index in [1.54, 1.807) is 0 Å². The third-order valence-corrected chi connectivity index (χ3v) is 3.35. The Morgan fingerprint density at radius 1 is 1.28 bits per heavy atom. The van der Waals surface area contributed by atoms with E-state index < -0.39 is 0 Å². The average molecular weight is 308 g/mol. The second kappa shape index (κ2) is 5.67. The summed E-state index contributed by atoms with van der Waals surface area (Å²) in [5.74, 6) is 1.47. The van der Waals surface area contributed by atoms with Gasteiger partial charge in [-0.3, -0.25) is 0 Å². The molecule has 0 spiro atoms. The van der Waals surface area contributed by atoms with Gasteiger partial charge in [0, 0.05) is 5.56 Å². The number of nitrogens with zero attached hydrogens (tertiary/aromatic N) is 1. The Balaban J connectivity index is 2.25. The SMILES string of the molecule is CC(C)Cc1ccc(-c2nc(CN)[nH]c2Br)cc1. The topological polar surface area (TPSA) is 54.7 Å². The Bertz CT molecular complexity index is 514. The van der Waals surface area contributed by atoms with E-state index in [0.29, 0.717) is 12.5 Å². The van der Waals surface area contributed by atoms with Crippen LogP contribution >= 0.6 is 15.9 Å². The third-order valence-electron chi connectivity index (χ3n) is 2.77. The molecule has 0 aliphatic heterocycles. The van der Waals surface area contributed by atoms with Gasteiger partial charge in [0.05, 0.1) is 6.54 Å². The number of aromatic nitrogens is 2.